The molecule has 0 fully saturated rings. The van der Waals surface area contributed by atoms with Crippen molar-refractivity contribution >= 4 is 0 Å². The van der Waals surface area contributed by atoms with Gasteiger partial charge in [-0.2, -0.15) is 0 Å². The molecule has 90 valence electrons. The summed E-state index contributed by atoms with van der Waals surface area (Å²) < 4.78 is 5.88. The Balaban J connectivity index is 2.51. The molecule has 0 aliphatic rings. The zero-order valence-electron chi connectivity index (χ0n) is 10.6. The highest BCUT2D eigenvalue weighted by Gasteiger charge is 2.24. The molecular weight excluding hydrogens is 198 g/mol. The van der Waals surface area contributed by atoms with Crippen LogP contribution in [0.5, 0.6) is 0 Å². The Morgan fingerprint density at radius 1 is 1.25 bits per heavy atom. The highest BCUT2D eigenvalue weighted by Crippen LogP contribution is 2.19. The van der Waals surface area contributed by atoms with E-state index in [1.54, 1.807) is 0 Å². The van der Waals surface area contributed by atoms with Gasteiger partial charge >= 0.3 is 0 Å². The Kier molecular flexibility index (Phi) is 4.97. The molecule has 0 saturated heterocycles. The molecule has 1 aromatic rings. The normalized spacial score (nSPS) is 15.1. The van der Waals surface area contributed by atoms with Crippen LogP contribution in [-0.4, -0.2) is 18.2 Å². The first-order valence-electron chi connectivity index (χ1n) is 5.97. The maximum absolute atomic E-state index is 5.88. The fraction of sp³-hybridized carbons (Fsp3) is 0.571. The Hall–Kier alpha value is -0.860. The van der Waals surface area contributed by atoms with Crippen LogP contribution in [0.3, 0.4) is 0 Å². The fourth-order valence-electron chi connectivity index (χ4n) is 1.83. The number of ether oxygens (including phenoxy) is 1. The van der Waals surface area contributed by atoms with Gasteiger partial charge in [-0.3, -0.25) is 0 Å². The molecule has 0 spiro atoms. The first-order valence-corrected chi connectivity index (χ1v) is 5.97. The van der Waals surface area contributed by atoms with Crippen LogP contribution in [0, 0.1) is 0 Å². The summed E-state index contributed by atoms with van der Waals surface area (Å²) in [4.78, 5) is 0. The van der Waals surface area contributed by atoms with Gasteiger partial charge in [0.05, 0.1) is 11.7 Å². The van der Waals surface area contributed by atoms with Crippen LogP contribution in [0.25, 0.3) is 0 Å². The highest BCUT2D eigenvalue weighted by molar-refractivity contribution is 5.15. The zero-order chi connectivity index (χ0) is 12.0. The molecule has 16 heavy (non-hydrogen) atoms. The van der Waals surface area contributed by atoms with Crippen LogP contribution >= 0.6 is 0 Å². The number of nitrogens with two attached hydrogens (primary N) is 1. The molecule has 0 amide bonds. The van der Waals surface area contributed by atoms with E-state index in [0.717, 1.165) is 12.8 Å². The summed E-state index contributed by atoms with van der Waals surface area (Å²) in [5.41, 5.74) is 6.93. The molecule has 0 aliphatic carbocycles. The van der Waals surface area contributed by atoms with E-state index >= 15 is 0 Å². The lowest BCUT2D eigenvalue weighted by molar-refractivity contribution is -0.0663. The van der Waals surface area contributed by atoms with Gasteiger partial charge < -0.3 is 10.5 Å². The molecule has 0 heterocycles. The smallest absolute Gasteiger partial charge is 0.0782 e. The third kappa shape index (κ3) is 4.33. The second kappa shape index (κ2) is 6.02. The summed E-state index contributed by atoms with van der Waals surface area (Å²) in [5.74, 6) is 0. The summed E-state index contributed by atoms with van der Waals surface area (Å²) in [7, 11) is 0. The van der Waals surface area contributed by atoms with Crippen molar-refractivity contribution in [1.82, 2.24) is 0 Å². The minimum Gasteiger partial charge on any atom is -0.371 e. The lowest BCUT2D eigenvalue weighted by Crippen LogP contribution is -2.40. The zero-order valence-corrected chi connectivity index (χ0v) is 10.6. The second-order valence-corrected chi connectivity index (χ2v) is 4.81. The molecule has 2 nitrogen and oxygen atoms in total. The van der Waals surface area contributed by atoms with Crippen molar-refractivity contribution in [3.05, 3.63) is 35.9 Å². The topological polar surface area (TPSA) is 35.2 Å². The fourth-order valence-corrected chi connectivity index (χ4v) is 1.83. The molecule has 1 unspecified atom stereocenters. The largest absolute Gasteiger partial charge is 0.371 e. The van der Waals surface area contributed by atoms with Crippen LogP contribution in [0.4, 0.5) is 0 Å². The quantitative estimate of drug-likeness (QED) is 0.801. The number of benzene rings is 1. The summed E-state index contributed by atoms with van der Waals surface area (Å²) in [5, 5.41) is 0. The molecule has 0 aromatic heterocycles. The Morgan fingerprint density at radius 2 is 1.88 bits per heavy atom. The molecule has 0 bridgehead atoms. The lowest BCUT2D eigenvalue weighted by Gasteiger charge is -2.30. The van der Waals surface area contributed by atoms with Gasteiger partial charge in [0, 0.05) is 6.54 Å². The minimum absolute atomic E-state index is 0.204. The van der Waals surface area contributed by atoms with Crippen LogP contribution in [0.2, 0.25) is 0 Å². The van der Waals surface area contributed by atoms with Gasteiger partial charge in [0.1, 0.15) is 0 Å². The lowest BCUT2D eigenvalue weighted by atomic mass is 9.96. The van der Waals surface area contributed by atoms with E-state index in [2.05, 4.69) is 45.0 Å². The Morgan fingerprint density at radius 3 is 2.38 bits per heavy atom. The predicted molar refractivity (Wildman–Crippen MR) is 68.4 cm³/mol. The van der Waals surface area contributed by atoms with Gasteiger partial charge in [-0.15, -0.1) is 0 Å². The van der Waals surface area contributed by atoms with Gasteiger partial charge in [0.15, 0.2) is 0 Å². The second-order valence-electron chi connectivity index (χ2n) is 4.81. The van der Waals surface area contributed by atoms with Gasteiger partial charge in [-0.25, -0.2) is 0 Å². The van der Waals surface area contributed by atoms with Crippen molar-refractivity contribution in [3.8, 4) is 0 Å². The number of aryl methyl sites for hydroxylation is 1. The molecule has 1 atom stereocenters. The average molecular weight is 221 g/mol. The van der Waals surface area contributed by atoms with Gasteiger partial charge in [0.25, 0.3) is 0 Å². The van der Waals surface area contributed by atoms with Crippen molar-refractivity contribution < 1.29 is 4.74 Å². The molecule has 2 heteroatoms. The maximum Gasteiger partial charge on any atom is 0.0782 e. The third-order valence-corrected chi connectivity index (χ3v) is 2.74. The van der Waals surface area contributed by atoms with Crippen molar-refractivity contribution in [2.24, 2.45) is 5.73 Å². The monoisotopic (exact) mass is 221 g/mol. The number of hydrogen-bond acceptors (Lipinski definition) is 2. The maximum atomic E-state index is 5.88. The summed E-state index contributed by atoms with van der Waals surface area (Å²) in [6.07, 6.45) is 2.21. The Bertz CT molecular complexity index is 297. The van der Waals surface area contributed by atoms with E-state index in [4.69, 9.17) is 10.5 Å². The van der Waals surface area contributed by atoms with E-state index in [1.165, 1.54) is 5.56 Å². The first kappa shape index (κ1) is 13.2. The molecule has 0 radical (unpaired) electrons. The summed E-state index contributed by atoms with van der Waals surface area (Å²) in [6, 6.07) is 10.5. The first-order chi connectivity index (χ1) is 7.56. The minimum atomic E-state index is -0.204. The predicted octanol–water partition coefficient (Wildman–Crippen LogP) is 2.76. The highest BCUT2D eigenvalue weighted by atomic mass is 16.5. The number of rotatable bonds is 6. The van der Waals surface area contributed by atoms with E-state index in [0.29, 0.717) is 6.54 Å². The van der Waals surface area contributed by atoms with E-state index < -0.39 is 0 Å². The Labute approximate surface area is 98.8 Å². The SMILES string of the molecule is CC(C)OC(C)(CN)CCc1ccccc1. The molecule has 2 N–H and O–H groups in total. The van der Waals surface area contributed by atoms with Crippen molar-refractivity contribution in [2.45, 2.75) is 45.3 Å². The van der Waals surface area contributed by atoms with Crippen molar-refractivity contribution in [3.63, 3.8) is 0 Å². The molecule has 0 aliphatic heterocycles. The van der Waals surface area contributed by atoms with Crippen LogP contribution in [0.15, 0.2) is 30.3 Å². The van der Waals surface area contributed by atoms with E-state index in [1.807, 2.05) is 6.07 Å². The average Bonchev–Trinajstić information content (AvgIpc) is 2.27. The summed E-state index contributed by atoms with van der Waals surface area (Å²) >= 11 is 0. The van der Waals surface area contributed by atoms with Crippen LogP contribution in [-0.2, 0) is 11.2 Å². The molecule has 1 aromatic carbocycles. The molecular formula is C14H23NO. The van der Waals surface area contributed by atoms with Crippen molar-refractivity contribution in [2.75, 3.05) is 6.54 Å². The molecule has 0 saturated carbocycles. The van der Waals surface area contributed by atoms with Gasteiger partial charge in [-0.05, 0) is 39.2 Å². The number of hydrogen-bond donors (Lipinski definition) is 1. The van der Waals surface area contributed by atoms with Gasteiger partial charge in [0.2, 0.25) is 0 Å². The van der Waals surface area contributed by atoms with Gasteiger partial charge in [-0.1, -0.05) is 30.3 Å². The van der Waals surface area contributed by atoms with Crippen molar-refractivity contribution in [1.29, 1.82) is 0 Å². The van der Waals surface area contributed by atoms with E-state index in [-0.39, 0.29) is 11.7 Å². The molecule has 1 rings (SSSR count). The van der Waals surface area contributed by atoms with Crippen LogP contribution < -0.4 is 5.73 Å². The standard InChI is InChI=1S/C14H23NO/c1-12(2)16-14(3,11-15)10-9-13-7-5-4-6-8-13/h4-8,12H,9-11,15H2,1-3H3. The van der Waals surface area contributed by atoms with E-state index in [9.17, 15) is 0 Å². The van der Waals surface area contributed by atoms with Crippen LogP contribution in [0.1, 0.15) is 32.8 Å². The third-order valence-electron chi connectivity index (χ3n) is 2.74. The summed E-state index contributed by atoms with van der Waals surface area (Å²) in [6.45, 7) is 6.76.